The van der Waals surface area contributed by atoms with Gasteiger partial charge in [0.2, 0.25) is 0 Å². The molecule has 0 saturated heterocycles. The Hall–Kier alpha value is -2.81. The highest BCUT2D eigenvalue weighted by Crippen LogP contribution is 2.47. The fourth-order valence-corrected chi connectivity index (χ4v) is 3.52. The molecule has 0 aliphatic heterocycles. The monoisotopic (exact) mass is 365 g/mol. The molecule has 9 heteroatoms. The van der Waals surface area contributed by atoms with Gasteiger partial charge in [0.1, 0.15) is 5.92 Å². The van der Waals surface area contributed by atoms with Crippen molar-refractivity contribution < 1.29 is 33.9 Å². The van der Waals surface area contributed by atoms with Crippen molar-refractivity contribution in [3.05, 3.63) is 39.9 Å². The zero-order chi connectivity index (χ0) is 19.6. The van der Waals surface area contributed by atoms with Gasteiger partial charge < -0.3 is 14.6 Å². The van der Waals surface area contributed by atoms with E-state index in [0.717, 1.165) is 14.2 Å². The van der Waals surface area contributed by atoms with Gasteiger partial charge in [-0.3, -0.25) is 24.5 Å². The second-order valence-electron chi connectivity index (χ2n) is 6.38. The van der Waals surface area contributed by atoms with Gasteiger partial charge in [0.25, 0.3) is 5.69 Å². The summed E-state index contributed by atoms with van der Waals surface area (Å²) in [5.74, 6) is -6.14. The molecule has 2 rings (SSSR count). The van der Waals surface area contributed by atoms with E-state index in [4.69, 9.17) is 9.47 Å². The number of aliphatic hydroxyl groups is 1. The van der Waals surface area contributed by atoms with E-state index in [-0.39, 0.29) is 11.3 Å². The van der Waals surface area contributed by atoms with E-state index in [1.807, 2.05) is 0 Å². The number of Topliss-reactive ketones (excluding diaryl/α,β-unsaturated/α-hetero) is 1. The molecule has 140 valence electrons. The fraction of sp³-hybridized carbons (Fsp3) is 0.471. The van der Waals surface area contributed by atoms with E-state index in [0.29, 0.717) is 0 Å². The third kappa shape index (κ3) is 3.43. The molecule has 1 saturated carbocycles. The van der Waals surface area contributed by atoms with Gasteiger partial charge in [-0.25, -0.2) is 0 Å². The summed E-state index contributed by atoms with van der Waals surface area (Å²) in [6, 6.07) is 5.25. The van der Waals surface area contributed by atoms with Crippen molar-refractivity contribution in [1.29, 1.82) is 0 Å². The Kier molecular flexibility index (Phi) is 5.41. The quantitative estimate of drug-likeness (QED) is 0.361. The van der Waals surface area contributed by atoms with Crippen LogP contribution in [-0.4, -0.2) is 47.6 Å². The first-order valence-electron chi connectivity index (χ1n) is 7.79. The van der Waals surface area contributed by atoms with Crippen LogP contribution in [-0.2, 0) is 23.9 Å². The van der Waals surface area contributed by atoms with Gasteiger partial charge in [0.15, 0.2) is 5.78 Å². The Balaban J connectivity index is 2.69. The lowest BCUT2D eigenvalue weighted by atomic mass is 9.61. The van der Waals surface area contributed by atoms with Crippen molar-refractivity contribution in [2.24, 2.45) is 11.8 Å². The summed E-state index contributed by atoms with van der Waals surface area (Å²) in [4.78, 5) is 47.6. The number of carbonyl (C=O) groups excluding carboxylic acids is 3. The number of methoxy groups -OCH3 is 2. The summed E-state index contributed by atoms with van der Waals surface area (Å²) in [7, 11) is 2.21. The van der Waals surface area contributed by atoms with E-state index >= 15 is 0 Å². The average molecular weight is 365 g/mol. The first-order valence-corrected chi connectivity index (χ1v) is 7.79. The molecule has 1 fully saturated rings. The number of nitro groups is 1. The van der Waals surface area contributed by atoms with E-state index in [9.17, 15) is 29.6 Å². The summed E-state index contributed by atoms with van der Waals surface area (Å²) in [6.45, 7) is 1.30. The second-order valence-corrected chi connectivity index (χ2v) is 6.38. The molecule has 9 nitrogen and oxygen atoms in total. The largest absolute Gasteiger partial charge is 0.469 e. The van der Waals surface area contributed by atoms with Gasteiger partial charge >= 0.3 is 11.9 Å². The minimum Gasteiger partial charge on any atom is -0.469 e. The lowest BCUT2D eigenvalue weighted by Crippen LogP contribution is -2.55. The van der Waals surface area contributed by atoms with Crippen LogP contribution in [0.3, 0.4) is 0 Å². The number of rotatable bonds is 4. The number of hydrogen-bond donors (Lipinski definition) is 1. The molecule has 4 atom stereocenters. The van der Waals surface area contributed by atoms with Gasteiger partial charge in [0, 0.05) is 24.5 Å². The zero-order valence-corrected chi connectivity index (χ0v) is 14.5. The van der Waals surface area contributed by atoms with Crippen LogP contribution < -0.4 is 0 Å². The molecule has 1 aliphatic carbocycles. The number of ether oxygens (including phenoxy) is 2. The molecule has 0 bridgehead atoms. The maximum atomic E-state index is 12.5. The molecule has 0 aromatic heterocycles. The molecular weight excluding hydrogens is 346 g/mol. The number of nitrogens with zero attached hydrogens (tertiary/aromatic N) is 1. The van der Waals surface area contributed by atoms with Crippen molar-refractivity contribution in [3.8, 4) is 0 Å². The topological polar surface area (TPSA) is 133 Å². The number of non-ortho nitro benzene ring substituents is 1. The minimum absolute atomic E-state index is 0.193. The molecule has 0 amide bonds. The van der Waals surface area contributed by atoms with E-state index in [2.05, 4.69) is 0 Å². The van der Waals surface area contributed by atoms with Crippen molar-refractivity contribution in [2.75, 3.05) is 14.2 Å². The van der Waals surface area contributed by atoms with E-state index in [1.54, 1.807) is 0 Å². The number of carbonyl (C=O) groups is 3. The van der Waals surface area contributed by atoms with Crippen LogP contribution in [0.2, 0.25) is 0 Å². The van der Waals surface area contributed by atoms with Crippen LogP contribution in [0.25, 0.3) is 0 Å². The first-order chi connectivity index (χ1) is 12.1. The Morgan fingerprint density at radius 1 is 1.27 bits per heavy atom. The van der Waals surface area contributed by atoms with Gasteiger partial charge in [0.05, 0.1) is 30.7 Å². The van der Waals surface area contributed by atoms with Crippen molar-refractivity contribution in [3.63, 3.8) is 0 Å². The molecule has 0 heterocycles. The summed E-state index contributed by atoms with van der Waals surface area (Å²) < 4.78 is 9.45. The third-order valence-electron chi connectivity index (χ3n) is 4.64. The highest BCUT2D eigenvalue weighted by Gasteiger charge is 2.57. The first kappa shape index (κ1) is 19.5. The maximum absolute atomic E-state index is 12.5. The Bertz CT molecular complexity index is 757. The Labute approximate surface area is 149 Å². The molecule has 1 aromatic carbocycles. The number of benzene rings is 1. The minimum atomic E-state index is -1.79. The molecule has 0 unspecified atom stereocenters. The summed E-state index contributed by atoms with van der Waals surface area (Å²) >= 11 is 0. The molecule has 26 heavy (non-hydrogen) atoms. The van der Waals surface area contributed by atoms with Crippen LogP contribution in [0.5, 0.6) is 0 Å². The van der Waals surface area contributed by atoms with Crippen LogP contribution in [0.1, 0.15) is 24.8 Å². The highest BCUT2D eigenvalue weighted by molar-refractivity contribution is 6.02. The molecule has 0 radical (unpaired) electrons. The lowest BCUT2D eigenvalue weighted by molar-refractivity contribution is -0.385. The predicted octanol–water partition coefficient (Wildman–Crippen LogP) is 0.981. The smallest absolute Gasteiger partial charge is 0.316 e. The lowest BCUT2D eigenvalue weighted by Gasteiger charge is -2.43. The second kappa shape index (κ2) is 7.20. The van der Waals surface area contributed by atoms with E-state index < -0.39 is 52.4 Å². The standard InChI is InChI=1S/C17H19NO8/c1-17(22)8-11(19)13(15(20)25-2)12(14(17)16(21)26-3)9-5-4-6-10(7-9)18(23)24/h4-7,12-14,22H,8H2,1-3H3/t12-,13-,14-,17-/m0/s1. The van der Waals surface area contributed by atoms with Crippen molar-refractivity contribution in [1.82, 2.24) is 0 Å². The van der Waals surface area contributed by atoms with Crippen LogP contribution >= 0.6 is 0 Å². The fourth-order valence-electron chi connectivity index (χ4n) is 3.52. The molecule has 1 N–H and O–H groups in total. The van der Waals surface area contributed by atoms with Crippen molar-refractivity contribution >= 4 is 23.4 Å². The normalized spacial score (nSPS) is 28.3. The average Bonchev–Trinajstić information content (AvgIpc) is 2.59. The summed E-state index contributed by atoms with van der Waals surface area (Å²) in [5, 5.41) is 21.8. The number of ketones is 1. The zero-order valence-electron chi connectivity index (χ0n) is 14.5. The molecule has 1 aromatic rings. The Morgan fingerprint density at radius 3 is 2.42 bits per heavy atom. The van der Waals surface area contributed by atoms with Gasteiger partial charge in [-0.1, -0.05) is 12.1 Å². The van der Waals surface area contributed by atoms with Crippen LogP contribution in [0.15, 0.2) is 24.3 Å². The third-order valence-corrected chi connectivity index (χ3v) is 4.64. The predicted molar refractivity (Wildman–Crippen MR) is 87.1 cm³/mol. The van der Waals surface area contributed by atoms with Crippen molar-refractivity contribution in [2.45, 2.75) is 24.9 Å². The maximum Gasteiger partial charge on any atom is 0.316 e. The van der Waals surface area contributed by atoms with Gasteiger partial charge in [-0.05, 0) is 12.5 Å². The highest BCUT2D eigenvalue weighted by atomic mass is 16.6. The van der Waals surface area contributed by atoms with Gasteiger partial charge in [-0.2, -0.15) is 0 Å². The summed E-state index contributed by atoms with van der Waals surface area (Å²) in [6.07, 6.45) is -0.446. The van der Waals surface area contributed by atoms with Gasteiger partial charge in [-0.15, -0.1) is 0 Å². The van der Waals surface area contributed by atoms with E-state index in [1.165, 1.54) is 31.2 Å². The summed E-state index contributed by atoms with van der Waals surface area (Å²) in [5.41, 5.74) is -1.87. The van der Waals surface area contributed by atoms with Crippen LogP contribution in [0, 0.1) is 22.0 Å². The molecule has 0 spiro atoms. The number of esters is 2. The Morgan fingerprint density at radius 2 is 1.88 bits per heavy atom. The molecule has 1 aliphatic rings. The SMILES string of the molecule is COC(=O)[C@H]1C(=O)C[C@](C)(O)[C@H](C(=O)OC)[C@H]1c1cccc([N+](=O)[O-])c1. The number of hydrogen-bond acceptors (Lipinski definition) is 8. The number of nitro benzene ring substituents is 1. The van der Waals surface area contributed by atoms with Crippen LogP contribution in [0.4, 0.5) is 5.69 Å². The molecular formula is C17H19NO8.